The van der Waals surface area contributed by atoms with E-state index >= 15 is 0 Å². The second-order valence-corrected chi connectivity index (χ2v) is 4.92. The molecule has 0 aliphatic rings. The van der Waals surface area contributed by atoms with E-state index in [1.807, 2.05) is 13.2 Å². The van der Waals surface area contributed by atoms with Crippen LogP contribution in [0.15, 0.2) is 18.2 Å². The normalized spacial score (nSPS) is 11.9. The van der Waals surface area contributed by atoms with Crippen LogP contribution in [0, 0.1) is 0 Å². The molecule has 17 heavy (non-hydrogen) atoms. The van der Waals surface area contributed by atoms with Gasteiger partial charge in [-0.15, -0.1) is 0 Å². The molecule has 0 heterocycles. The van der Waals surface area contributed by atoms with Crippen LogP contribution in [-0.4, -0.2) is 36.2 Å². The van der Waals surface area contributed by atoms with E-state index < -0.39 is 0 Å². The molecule has 1 amide bonds. The lowest BCUT2D eigenvalue weighted by Gasteiger charge is -2.11. The summed E-state index contributed by atoms with van der Waals surface area (Å²) in [6.07, 6.45) is 1.99. The second-order valence-electron chi connectivity index (χ2n) is 3.64. The molecule has 4 nitrogen and oxygen atoms in total. The molecule has 0 saturated heterocycles. The number of nitrogens with one attached hydrogen (secondary N) is 1. The number of benzene rings is 1. The molecule has 1 unspecified atom stereocenters. The van der Waals surface area contributed by atoms with Crippen LogP contribution >= 0.6 is 11.8 Å². The first-order valence-electron chi connectivity index (χ1n) is 5.26. The maximum absolute atomic E-state index is 11.8. The van der Waals surface area contributed by atoms with Gasteiger partial charge in [-0.25, -0.2) is 0 Å². The molecule has 0 radical (unpaired) electrons. The van der Waals surface area contributed by atoms with Crippen molar-refractivity contribution in [2.24, 2.45) is 0 Å². The van der Waals surface area contributed by atoms with Crippen molar-refractivity contribution in [1.82, 2.24) is 5.32 Å². The molecule has 2 N–H and O–H groups in total. The van der Waals surface area contributed by atoms with Crippen molar-refractivity contribution in [3.63, 3.8) is 0 Å². The highest BCUT2D eigenvalue weighted by Gasteiger charge is 2.12. The molecular formula is C12H17NO3S. The fourth-order valence-electron chi connectivity index (χ4n) is 1.24. The van der Waals surface area contributed by atoms with Crippen molar-refractivity contribution >= 4 is 17.7 Å². The number of hydrogen-bond acceptors (Lipinski definition) is 4. The van der Waals surface area contributed by atoms with Crippen LogP contribution in [0.5, 0.6) is 11.5 Å². The minimum Gasteiger partial charge on any atom is -0.507 e. The molecule has 1 atom stereocenters. The van der Waals surface area contributed by atoms with Gasteiger partial charge in [-0.1, -0.05) is 6.92 Å². The number of ether oxygens (including phenoxy) is 1. The lowest BCUT2D eigenvalue weighted by atomic mass is 10.1. The van der Waals surface area contributed by atoms with Gasteiger partial charge in [0.05, 0.1) is 12.7 Å². The number of phenols is 1. The molecule has 5 heteroatoms. The quantitative estimate of drug-likeness (QED) is 0.843. The summed E-state index contributed by atoms with van der Waals surface area (Å²) in [5.74, 6) is 0.216. The summed E-state index contributed by atoms with van der Waals surface area (Å²) in [6, 6.07) is 4.58. The van der Waals surface area contributed by atoms with E-state index in [1.165, 1.54) is 19.2 Å². The zero-order valence-corrected chi connectivity index (χ0v) is 11.0. The number of thioether (sulfide) groups is 1. The molecule has 0 aliphatic heterocycles. The molecular weight excluding hydrogens is 238 g/mol. The van der Waals surface area contributed by atoms with E-state index in [1.54, 1.807) is 17.8 Å². The summed E-state index contributed by atoms with van der Waals surface area (Å²) in [5.41, 5.74) is 0.234. The summed E-state index contributed by atoms with van der Waals surface area (Å²) in [4.78, 5) is 11.8. The van der Waals surface area contributed by atoms with Crippen LogP contribution in [0.1, 0.15) is 17.3 Å². The summed E-state index contributed by atoms with van der Waals surface area (Å²) in [6.45, 7) is 2.59. The number of carbonyl (C=O) groups is 1. The Hall–Kier alpha value is -1.36. The average molecular weight is 255 g/mol. The monoisotopic (exact) mass is 255 g/mol. The number of hydrogen-bond donors (Lipinski definition) is 2. The van der Waals surface area contributed by atoms with Gasteiger partial charge in [0.25, 0.3) is 5.91 Å². The Bertz CT molecular complexity index is 395. The number of methoxy groups -OCH3 is 1. The Kier molecular flexibility index (Phi) is 5.15. The molecule has 0 aliphatic carbocycles. The van der Waals surface area contributed by atoms with Gasteiger partial charge in [-0.3, -0.25) is 4.79 Å². The van der Waals surface area contributed by atoms with Crippen LogP contribution in [0.4, 0.5) is 0 Å². The first-order valence-corrected chi connectivity index (χ1v) is 6.55. The topological polar surface area (TPSA) is 58.6 Å². The fraction of sp³-hybridized carbons (Fsp3) is 0.417. The van der Waals surface area contributed by atoms with Crippen molar-refractivity contribution in [2.45, 2.75) is 12.2 Å². The third-order valence-electron chi connectivity index (χ3n) is 2.40. The lowest BCUT2D eigenvalue weighted by molar-refractivity contribution is 0.0951. The van der Waals surface area contributed by atoms with Gasteiger partial charge in [-0.05, 0) is 24.5 Å². The summed E-state index contributed by atoms with van der Waals surface area (Å²) in [7, 11) is 1.52. The zero-order valence-electron chi connectivity index (χ0n) is 10.2. The molecule has 1 aromatic rings. The van der Waals surface area contributed by atoms with Gasteiger partial charge < -0.3 is 15.2 Å². The Morgan fingerprint density at radius 1 is 1.59 bits per heavy atom. The summed E-state index contributed by atoms with van der Waals surface area (Å²) in [5, 5.41) is 12.7. The van der Waals surface area contributed by atoms with Crippen LogP contribution in [0.25, 0.3) is 0 Å². The summed E-state index contributed by atoms with van der Waals surface area (Å²) >= 11 is 1.67. The first kappa shape index (κ1) is 13.7. The SMILES string of the molecule is COc1ccc(O)c(C(=O)NCC(C)SC)c1. The second kappa shape index (κ2) is 6.39. The van der Waals surface area contributed by atoms with Gasteiger partial charge >= 0.3 is 0 Å². The van der Waals surface area contributed by atoms with Crippen LogP contribution in [-0.2, 0) is 0 Å². The Labute approximate surface area is 105 Å². The number of aromatic hydroxyl groups is 1. The van der Waals surface area contributed by atoms with Crippen molar-refractivity contribution in [3.05, 3.63) is 23.8 Å². The minimum absolute atomic E-state index is 0.0416. The van der Waals surface area contributed by atoms with Crippen molar-refractivity contribution in [2.75, 3.05) is 19.9 Å². The predicted octanol–water partition coefficient (Wildman–Crippen LogP) is 1.88. The van der Waals surface area contributed by atoms with E-state index in [9.17, 15) is 9.90 Å². The Balaban J connectivity index is 2.74. The molecule has 0 fully saturated rings. The molecule has 0 bridgehead atoms. The highest BCUT2D eigenvalue weighted by atomic mass is 32.2. The first-order chi connectivity index (χ1) is 8.08. The molecule has 0 saturated carbocycles. The maximum atomic E-state index is 11.8. The molecule has 0 aromatic heterocycles. The number of phenolic OH excluding ortho intramolecular Hbond substituents is 1. The van der Waals surface area contributed by atoms with Crippen LogP contribution in [0.2, 0.25) is 0 Å². The highest BCUT2D eigenvalue weighted by Crippen LogP contribution is 2.22. The number of rotatable bonds is 5. The predicted molar refractivity (Wildman–Crippen MR) is 70.0 cm³/mol. The molecule has 0 spiro atoms. The van der Waals surface area contributed by atoms with E-state index in [0.717, 1.165) is 0 Å². The lowest BCUT2D eigenvalue weighted by Crippen LogP contribution is -2.29. The number of amides is 1. The van der Waals surface area contributed by atoms with Gasteiger partial charge in [0.1, 0.15) is 11.5 Å². The van der Waals surface area contributed by atoms with Gasteiger partial charge in [-0.2, -0.15) is 11.8 Å². The smallest absolute Gasteiger partial charge is 0.255 e. The molecule has 1 aromatic carbocycles. The molecule has 1 rings (SSSR count). The third kappa shape index (κ3) is 3.85. The van der Waals surface area contributed by atoms with Gasteiger partial charge in [0.2, 0.25) is 0 Å². The van der Waals surface area contributed by atoms with Gasteiger partial charge in [0.15, 0.2) is 0 Å². The van der Waals surface area contributed by atoms with E-state index in [0.29, 0.717) is 17.5 Å². The van der Waals surface area contributed by atoms with E-state index in [4.69, 9.17) is 4.74 Å². The van der Waals surface area contributed by atoms with E-state index in [2.05, 4.69) is 5.32 Å². The van der Waals surface area contributed by atoms with Crippen molar-refractivity contribution in [1.29, 1.82) is 0 Å². The maximum Gasteiger partial charge on any atom is 0.255 e. The van der Waals surface area contributed by atoms with Crippen LogP contribution < -0.4 is 10.1 Å². The number of carbonyl (C=O) groups excluding carboxylic acids is 1. The average Bonchev–Trinajstić information content (AvgIpc) is 2.36. The standard InChI is InChI=1S/C12H17NO3S/c1-8(17-3)7-13-12(15)10-6-9(16-2)4-5-11(10)14/h4-6,8,14H,7H2,1-3H3,(H,13,15). The van der Waals surface area contributed by atoms with Gasteiger partial charge in [0, 0.05) is 11.8 Å². The zero-order chi connectivity index (χ0) is 12.8. The minimum atomic E-state index is -0.290. The third-order valence-corrected chi connectivity index (χ3v) is 3.37. The fourth-order valence-corrected chi connectivity index (χ4v) is 1.49. The Morgan fingerprint density at radius 2 is 2.29 bits per heavy atom. The van der Waals surface area contributed by atoms with E-state index in [-0.39, 0.29) is 17.2 Å². The van der Waals surface area contributed by atoms with Crippen molar-refractivity contribution < 1.29 is 14.6 Å². The van der Waals surface area contributed by atoms with Crippen LogP contribution in [0.3, 0.4) is 0 Å². The highest BCUT2D eigenvalue weighted by molar-refractivity contribution is 7.99. The molecule has 94 valence electrons. The Morgan fingerprint density at radius 3 is 2.88 bits per heavy atom. The largest absolute Gasteiger partial charge is 0.507 e. The van der Waals surface area contributed by atoms with Crippen molar-refractivity contribution in [3.8, 4) is 11.5 Å². The summed E-state index contributed by atoms with van der Waals surface area (Å²) < 4.78 is 5.01.